The third-order valence-corrected chi connectivity index (χ3v) is 4.62. The summed E-state index contributed by atoms with van der Waals surface area (Å²) in [6, 6.07) is 13.5. The lowest BCUT2D eigenvalue weighted by atomic mass is 10.1. The molecule has 0 atom stereocenters. The summed E-state index contributed by atoms with van der Waals surface area (Å²) >= 11 is 0. The van der Waals surface area contributed by atoms with E-state index in [1.165, 1.54) is 5.52 Å². The first-order valence-corrected chi connectivity index (χ1v) is 9.20. The first kappa shape index (κ1) is 18.9. The van der Waals surface area contributed by atoms with Gasteiger partial charge >= 0.3 is 0 Å². The fourth-order valence-corrected chi connectivity index (χ4v) is 3.07. The molecule has 5 nitrogen and oxygen atoms in total. The molecule has 142 valence electrons. The molecule has 0 saturated carbocycles. The van der Waals surface area contributed by atoms with Crippen LogP contribution in [0.3, 0.4) is 0 Å². The van der Waals surface area contributed by atoms with Crippen LogP contribution in [0.2, 0.25) is 0 Å². The van der Waals surface area contributed by atoms with Crippen LogP contribution in [0.25, 0.3) is 11.0 Å². The van der Waals surface area contributed by atoms with Gasteiger partial charge in [-0.15, -0.1) is 0 Å². The van der Waals surface area contributed by atoms with E-state index >= 15 is 0 Å². The Hall–Kier alpha value is -2.89. The number of aryl methyl sites for hydroxylation is 3. The molecule has 0 amide bonds. The average Bonchev–Trinajstić information content (AvgIpc) is 2.99. The molecule has 0 radical (unpaired) electrons. The molecule has 27 heavy (non-hydrogen) atoms. The molecule has 1 aromatic heterocycles. The minimum atomic E-state index is -0.180. The largest absolute Gasteiger partial charge is 0.356 e. The summed E-state index contributed by atoms with van der Waals surface area (Å²) in [5.74, 6) is 1.56. The van der Waals surface area contributed by atoms with Crippen LogP contribution in [0.5, 0.6) is 0 Å². The third kappa shape index (κ3) is 4.64. The average molecular weight is 367 g/mol. The van der Waals surface area contributed by atoms with Crippen LogP contribution >= 0.6 is 0 Å². The van der Waals surface area contributed by atoms with Crippen LogP contribution in [0.4, 0.5) is 4.39 Å². The van der Waals surface area contributed by atoms with Gasteiger partial charge in [-0.25, -0.2) is 9.37 Å². The first-order valence-electron chi connectivity index (χ1n) is 9.20. The van der Waals surface area contributed by atoms with Crippen molar-refractivity contribution in [2.24, 2.45) is 4.99 Å². The van der Waals surface area contributed by atoms with Gasteiger partial charge in [0.25, 0.3) is 0 Å². The molecule has 0 spiro atoms. The zero-order valence-corrected chi connectivity index (χ0v) is 16.1. The van der Waals surface area contributed by atoms with Gasteiger partial charge in [0, 0.05) is 26.7 Å². The van der Waals surface area contributed by atoms with Crippen LogP contribution in [0, 0.1) is 19.7 Å². The molecule has 1 heterocycles. The van der Waals surface area contributed by atoms with Gasteiger partial charge in [-0.1, -0.05) is 24.3 Å². The molecule has 3 aromatic rings. The quantitative estimate of drug-likeness (QED) is 0.398. The number of imidazole rings is 1. The second-order valence-electron chi connectivity index (χ2n) is 6.59. The van der Waals surface area contributed by atoms with Crippen LogP contribution in [-0.4, -0.2) is 29.1 Å². The molecule has 0 bridgehead atoms. The van der Waals surface area contributed by atoms with E-state index in [1.54, 1.807) is 26.1 Å². The number of aliphatic imine (C=N–C) groups is 1. The number of benzene rings is 2. The summed E-state index contributed by atoms with van der Waals surface area (Å²) in [6.45, 7) is 6.00. The predicted octanol–water partition coefficient (Wildman–Crippen LogP) is 3.55. The fourth-order valence-electron chi connectivity index (χ4n) is 3.07. The zero-order chi connectivity index (χ0) is 19.2. The summed E-state index contributed by atoms with van der Waals surface area (Å²) in [4.78, 5) is 8.82. The minimum absolute atomic E-state index is 0.180. The SMILES string of the molecule is CN=C(NCCCn1c(C)nc2ccccc21)NCc1ccc(C)c(F)c1. The summed E-state index contributed by atoms with van der Waals surface area (Å²) < 4.78 is 15.9. The molecular formula is C21H26FN5. The molecule has 0 saturated heterocycles. The Morgan fingerprint density at radius 1 is 1.15 bits per heavy atom. The highest BCUT2D eigenvalue weighted by molar-refractivity contribution is 5.79. The Morgan fingerprint density at radius 2 is 1.96 bits per heavy atom. The topological polar surface area (TPSA) is 54.2 Å². The number of para-hydroxylation sites is 2. The van der Waals surface area contributed by atoms with Gasteiger partial charge in [-0.05, 0) is 49.6 Å². The molecule has 6 heteroatoms. The van der Waals surface area contributed by atoms with Crippen LogP contribution in [-0.2, 0) is 13.1 Å². The van der Waals surface area contributed by atoms with Crippen LogP contribution in [0.1, 0.15) is 23.4 Å². The lowest BCUT2D eigenvalue weighted by Gasteiger charge is -2.13. The lowest BCUT2D eigenvalue weighted by Crippen LogP contribution is -2.37. The number of hydrogen-bond donors (Lipinski definition) is 2. The van der Waals surface area contributed by atoms with Gasteiger partial charge in [0.1, 0.15) is 11.6 Å². The number of hydrogen-bond acceptors (Lipinski definition) is 2. The van der Waals surface area contributed by atoms with E-state index in [4.69, 9.17) is 0 Å². The van der Waals surface area contributed by atoms with Gasteiger partial charge in [-0.3, -0.25) is 4.99 Å². The normalized spacial score (nSPS) is 11.8. The van der Waals surface area contributed by atoms with Crippen molar-refractivity contribution in [3.8, 4) is 0 Å². The number of aromatic nitrogens is 2. The molecular weight excluding hydrogens is 341 g/mol. The third-order valence-electron chi connectivity index (χ3n) is 4.62. The number of guanidine groups is 1. The number of rotatable bonds is 6. The fraction of sp³-hybridized carbons (Fsp3) is 0.333. The molecule has 0 unspecified atom stereocenters. The van der Waals surface area contributed by atoms with Gasteiger partial charge in [0.2, 0.25) is 0 Å². The van der Waals surface area contributed by atoms with Crippen molar-refractivity contribution in [2.45, 2.75) is 33.4 Å². The molecule has 0 aliphatic heterocycles. The Balaban J connectivity index is 1.48. The van der Waals surface area contributed by atoms with E-state index in [-0.39, 0.29) is 5.82 Å². The maximum Gasteiger partial charge on any atom is 0.191 e. The van der Waals surface area contributed by atoms with E-state index in [9.17, 15) is 4.39 Å². The van der Waals surface area contributed by atoms with Crippen molar-refractivity contribution < 1.29 is 4.39 Å². The molecule has 0 aliphatic rings. The smallest absolute Gasteiger partial charge is 0.191 e. The number of halogens is 1. The Morgan fingerprint density at radius 3 is 2.74 bits per heavy atom. The van der Waals surface area contributed by atoms with E-state index in [0.29, 0.717) is 18.1 Å². The van der Waals surface area contributed by atoms with Gasteiger partial charge in [0.15, 0.2) is 5.96 Å². The van der Waals surface area contributed by atoms with Crippen molar-refractivity contribution in [3.63, 3.8) is 0 Å². The highest BCUT2D eigenvalue weighted by Crippen LogP contribution is 2.15. The summed E-state index contributed by atoms with van der Waals surface area (Å²) in [5, 5.41) is 6.53. The van der Waals surface area contributed by atoms with E-state index in [1.807, 2.05) is 31.2 Å². The van der Waals surface area contributed by atoms with E-state index < -0.39 is 0 Å². The molecule has 0 aliphatic carbocycles. The van der Waals surface area contributed by atoms with Crippen molar-refractivity contribution in [1.29, 1.82) is 0 Å². The first-order chi connectivity index (χ1) is 13.1. The van der Waals surface area contributed by atoms with Crippen LogP contribution in [0.15, 0.2) is 47.5 Å². The molecule has 3 rings (SSSR count). The zero-order valence-electron chi connectivity index (χ0n) is 16.1. The standard InChI is InChI=1S/C21H26FN5/c1-15-9-10-17(13-18(15)22)14-25-21(23-3)24-11-6-12-27-16(2)26-19-7-4-5-8-20(19)27/h4-5,7-10,13H,6,11-12,14H2,1-3H3,(H2,23,24,25). The Labute approximate surface area is 159 Å². The molecule has 0 fully saturated rings. The number of fused-ring (bicyclic) bond motifs is 1. The van der Waals surface area contributed by atoms with Gasteiger partial charge in [-0.2, -0.15) is 0 Å². The highest BCUT2D eigenvalue weighted by Gasteiger charge is 2.06. The van der Waals surface area contributed by atoms with Crippen molar-refractivity contribution in [2.75, 3.05) is 13.6 Å². The monoisotopic (exact) mass is 367 g/mol. The minimum Gasteiger partial charge on any atom is -0.356 e. The molecule has 2 aromatic carbocycles. The van der Waals surface area contributed by atoms with Crippen molar-refractivity contribution in [3.05, 3.63) is 65.2 Å². The van der Waals surface area contributed by atoms with Crippen molar-refractivity contribution >= 4 is 17.0 Å². The second kappa shape index (κ2) is 8.66. The highest BCUT2D eigenvalue weighted by atomic mass is 19.1. The van der Waals surface area contributed by atoms with E-state index in [0.717, 1.165) is 36.4 Å². The van der Waals surface area contributed by atoms with Gasteiger partial charge in [0.05, 0.1) is 11.0 Å². The Bertz CT molecular complexity index is 945. The summed E-state index contributed by atoms with van der Waals surface area (Å²) in [7, 11) is 1.73. The molecule has 2 N–H and O–H groups in total. The number of nitrogens with one attached hydrogen (secondary N) is 2. The maximum absolute atomic E-state index is 13.6. The summed E-state index contributed by atoms with van der Waals surface area (Å²) in [6.07, 6.45) is 0.945. The van der Waals surface area contributed by atoms with Crippen LogP contribution < -0.4 is 10.6 Å². The Kier molecular flexibility index (Phi) is 6.06. The van der Waals surface area contributed by atoms with Gasteiger partial charge < -0.3 is 15.2 Å². The van der Waals surface area contributed by atoms with E-state index in [2.05, 4.69) is 31.2 Å². The number of nitrogens with zero attached hydrogens (tertiary/aromatic N) is 3. The lowest BCUT2D eigenvalue weighted by molar-refractivity contribution is 0.614. The predicted molar refractivity (Wildman–Crippen MR) is 108 cm³/mol. The summed E-state index contributed by atoms with van der Waals surface area (Å²) in [5.41, 5.74) is 3.75. The van der Waals surface area contributed by atoms with Crippen molar-refractivity contribution in [1.82, 2.24) is 20.2 Å². The maximum atomic E-state index is 13.6. The second-order valence-corrected chi connectivity index (χ2v) is 6.59.